The van der Waals surface area contributed by atoms with Crippen LogP contribution in [0.5, 0.6) is 0 Å². The molecule has 0 saturated heterocycles. The molecule has 0 radical (unpaired) electrons. The normalized spacial score (nSPS) is 16.7. The van der Waals surface area contributed by atoms with Crippen molar-refractivity contribution in [1.82, 2.24) is 5.32 Å². The van der Waals surface area contributed by atoms with Crippen molar-refractivity contribution in [2.24, 2.45) is 0 Å². The van der Waals surface area contributed by atoms with Crippen molar-refractivity contribution in [2.45, 2.75) is 51.5 Å². The maximum absolute atomic E-state index is 11.7. The van der Waals surface area contributed by atoms with Crippen molar-refractivity contribution in [2.75, 3.05) is 11.9 Å². The van der Waals surface area contributed by atoms with Crippen molar-refractivity contribution in [3.63, 3.8) is 0 Å². The third kappa shape index (κ3) is 4.27. The van der Waals surface area contributed by atoms with E-state index in [-0.39, 0.29) is 5.91 Å². The molecular weight excluding hydrogens is 236 g/mol. The molecule has 0 aliphatic heterocycles. The van der Waals surface area contributed by atoms with Gasteiger partial charge >= 0.3 is 0 Å². The number of carbonyl (C=O) groups excluding carboxylic acids is 1. The second-order valence-electron chi connectivity index (χ2n) is 5.27. The van der Waals surface area contributed by atoms with Crippen LogP contribution in [0.1, 0.15) is 55.8 Å². The molecule has 1 amide bonds. The minimum atomic E-state index is 0.00326. The van der Waals surface area contributed by atoms with Crippen molar-refractivity contribution in [1.29, 1.82) is 0 Å². The Balaban J connectivity index is 1.92. The van der Waals surface area contributed by atoms with E-state index in [4.69, 9.17) is 0 Å². The summed E-state index contributed by atoms with van der Waals surface area (Å²) in [5.74, 6) is 0.00326. The predicted octanol–water partition coefficient (Wildman–Crippen LogP) is 3.57. The van der Waals surface area contributed by atoms with E-state index in [1.165, 1.54) is 38.5 Å². The number of hydrogen-bond acceptors (Lipinski definition) is 2. The molecular formula is C16H24N2O. The van der Waals surface area contributed by atoms with Gasteiger partial charge < -0.3 is 10.6 Å². The lowest BCUT2D eigenvalue weighted by molar-refractivity contribution is 0.0956. The molecule has 3 nitrogen and oxygen atoms in total. The Morgan fingerprint density at radius 2 is 1.74 bits per heavy atom. The van der Waals surface area contributed by atoms with Gasteiger partial charge in [-0.2, -0.15) is 0 Å². The first-order chi connectivity index (χ1) is 9.29. The summed E-state index contributed by atoms with van der Waals surface area (Å²) in [5, 5.41) is 6.40. The fourth-order valence-electron chi connectivity index (χ4n) is 2.64. The van der Waals surface area contributed by atoms with E-state index in [0.717, 1.165) is 11.3 Å². The summed E-state index contributed by atoms with van der Waals surface area (Å²) >= 11 is 0. The molecule has 1 aliphatic rings. The van der Waals surface area contributed by atoms with E-state index < -0.39 is 0 Å². The average molecular weight is 260 g/mol. The number of carbonyl (C=O) groups is 1. The summed E-state index contributed by atoms with van der Waals surface area (Å²) in [5.41, 5.74) is 1.85. The third-order valence-electron chi connectivity index (χ3n) is 3.71. The second kappa shape index (κ2) is 7.17. The highest BCUT2D eigenvalue weighted by Gasteiger charge is 2.12. The van der Waals surface area contributed by atoms with E-state index in [2.05, 4.69) is 10.6 Å². The zero-order valence-corrected chi connectivity index (χ0v) is 11.7. The van der Waals surface area contributed by atoms with Gasteiger partial charge in [-0.1, -0.05) is 25.7 Å². The predicted molar refractivity (Wildman–Crippen MR) is 79.6 cm³/mol. The van der Waals surface area contributed by atoms with E-state index in [1.807, 2.05) is 31.2 Å². The van der Waals surface area contributed by atoms with Gasteiger partial charge in [0.1, 0.15) is 0 Å². The van der Waals surface area contributed by atoms with Gasteiger partial charge in [0.15, 0.2) is 0 Å². The van der Waals surface area contributed by atoms with Crippen LogP contribution in [0.15, 0.2) is 24.3 Å². The number of anilines is 1. The number of amides is 1. The van der Waals surface area contributed by atoms with Gasteiger partial charge in [0.2, 0.25) is 0 Å². The van der Waals surface area contributed by atoms with Gasteiger partial charge in [-0.05, 0) is 44.0 Å². The molecule has 104 valence electrons. The van der Waals surface area contributed by atoms with Crippen LogP contribution in [0.2, 0.25) is 0 Å². The first-order valence-corrected chi connectivity index (χ1v) is 7.44. The van der Waals surface area contributed by atoms with Gasteiger partial charge in [0.25, 0.3) is 5.91 Å². The Labute approximate surface area is 115 Å². The van der Waals surface area contributed by atoms with Crippen molar-refractivity contribution < 1.29 is 4.79 Å². The molecule has 0 spiro atoms. The Morgan fingerprint density at radius 1 is 1.11 bits per heavy atom. The fraction of sp³-hybridized carbons (Fsp3) is 0.562. The minimum absolute atomic E-state index is 0.00326. The van der Waals surface area contributed by atoms with E-state index >= 15 is 0 Å². The lowest BCUT2D eigenvalue weighted by Gasteiger charge is -2.17. The van der Waals surface area contributed by atoms with E-state index in [1.54, 1.807) is 0 Å². The molecule has 1 fully saturated rings. The molecule has 0 aromatic heterocycles. The van der Waals surface area contributed by atoms with Gasteiger partial charge in [-0.25, -0.2) is 0 Å². The highest BCUT2D eigenvalue weighted by molar-refractivity contribution is 5.94. The number of rotatable bonds is 4. The first-order valence-electron chi connectivity index (χ1n) is 7.44. The molecule has 0 atom stereocenters. The smallest absolute Gasteiger partial charge is 0.251 e. The van der Waals surface area contributed by atoms with Gasteiger partial charge in [0, 0.05) is 23.8 Å². The zero-order valence-electron chi connectivity index (χ0n) is 11.7. The van der Waals surface area contributed by atoms with Crippen molar-refractivity contribution in [3.8, 4) is 0 Å². The summed E-state index contributed by atoms with van der Waals surface area (Å²) in [6.07, 6.45) is 7.92. The Morgan fingerprint density at radius 3 is 2.32 bits per heavy atom. The van der Waals surface area contributed by atoms with Crippen LogP contribution in [0.3, 0.4) is 0 Å². The summed E-state index contributed by atoms with van der Waals surface area (Å²) < 4.78 is 0. The van der Waals surface area contributed by atoms with Crippen LogP contribution >= 0.6 is 0 Å². The van der Waals surface area contributed by atoms with E-state index in [0.29, 0.717) is 12.6 Å². The number of hydrogen-bond donors (Lipinski definition) is 2. The molecule has 2 rings (SSSR count). The summed E-state index contributed by atoms with van der Waals surface area (Å²) in [7, 11) is 0. The number of nitrogens with one attached hydrogen (secondary N) is 2. The monoisotopic (exact) mass is 260 g/mol. The first kappa shape index (κ1) is 13.9. The third-order valence-corrected chi connectivity index (χ3v) is 3.71. The maximum atomic E-state index is 11.7. The molecule has 0 unspecified atom stereocenters. The van der Waals surface area contributed by atoms with Gasteiger partial charge in [-0.15, -0.1) is 0 Å². The summed E-state index contributed by atoms with van der Waals surface area (Å²) in [4.78, 5) is 11.7. The molecule has 1 aliphatic carbocycles. The van der Waals surface area contributed by atoms with Crippen LogP contribution in [0.4, 0.5) is 5.69 Å². The van der Waals surface area contributed by atoms with Crippen LogP contribution in [-0.2, 0) is 0 Å². The lowest BCUT2D eigenvalue weighted by Crippen LogP contribution is -2.22. The summed E-state index contributed by atoms with van der Waals surface area (Å²) in [6.45, 7) is 2.60. The van der Waals surface area contributed by atoms with Gasteiger partial charge in [0.05, 0.1) is 0 Å². The summed E-state index contributed by atoms with van der Waals surface area (Å²) in [6, 6.07) is 8.40. The average Bonchev–Trinajstić information content (AvgIpc) is 2.68. The molecule has 0 heterocycles. The topological polar surface area (TPSA) is 41.1 Å². The Bertz CT molecular complexity index is 392. The molecule has 1 saturated carbocycles. The quantitative estimate of drug-likeness (QED) is 0.813. The fourth-order valence-corrected chi connectivity index (χ4v) is 2.64. The standard InChI is InChI=1S/C16H24N2O/c1-2-17-16(19)13-9-11-15(12-10-13)18-14-7-5-3-4-6-8-14/h9-12,14,18H,2-8H2,1H3,(H,17,19). The molecule has 1 aromatic rings. The molecule has 3 heteroatoms. The highest BCUT2D eigenvalue weighted by atomic mass is 16.1. The van der Waals surface area contributed by atoms with Crippen molar-refractivity contribution in [3.05, 3.63) is 29.8 Å². The molecule has 0 bridgehead atoms. The Kier molecular flexibility index (Phi) is 5.25. The Hall–Kier alpha value is -1.51. The molecule has 2 N–H and O–H groups in total. The second-order valence-corrected chi connectivity index (χ2v) is 5.27. The number of benzene rings is 1. The van der Waals surface area contributed by atoms with Crippen LogP contribution in [-0.4, -0.2) is 18.5 Å². The molecule has 19 heavy (non-hydrogen) atoms. The largest absolute Gasteiger partial charge is 0.382 e. The maximum Gasteiger partial charge on any atom is 0.251 e. The van der Waals surface area contributed by atoms with Crippen LogP contribution in [0.25, 0.3) is 0 Å². The minimum Gasteiger partial charge on any atom is -0.382 e. The van der Waals surface area contributed by atoms with E-state index in [9.17, 15) is 4.79 Å². The highest BCUT2D eigenvalue weighted by Crippen LogP contribution is 2.21. The van der Waals surface area contributed by atoms with Crippen molar-refractivity contribution >= 4 is 11.6 Å². The SMILES string of the molecule is CCNC(=O)c1ccc(NC2CCCCCC2)cc1. The van der Waals surface area contributed by atoms with Crippen LogP contribution in [0, 0.1) is 0 Å². The van der Waals surface area contributed by atoms with Gasteiger partial charge in [-0.3, -0.25) is 4.79 Å². The zero-order chi connectivity index (χ0) is 13.5. The van der Waals surface area contributed by atoms with Crippen LogP contribution < -0.4 is 10.6 Å². The molecule has 1 aromatic carbocycles. The lowest BCUT2D eigenvalue weighted by atomic mass is 10.1.